The summed E-state index contributed by atoms with van der Waals surface area (Å²) < 4.78 is 41.5. The van der Waals surface area contributed by atoms with E-state index in [0.29, 0.717) is 5.56 Å². The molecular formula is C25H26F3N3O. The zero-order valence-electron chi connectivity index (χ0n) is 18.0. The fourth-order valence-corrected chi connectivity index (χ4v) is 4.18. The number of fused-ring (bicyclic) bond motifs is 1. The predicted octanol–water partition coefficient (Wildman–Crippen LogP) is 5.25. The highest BCUT2D eigenvalue weighted by Gasteiger charge is 2.34. The number of amides is 1. The molecule has 168 valence electrons. The van der Waals surface area contributed by atoms with Crippen molar-refractivity contribution >= 4 is 22.4 Å². The van der Waals surface area contributed by atoms with Crippen LogP contribution in [0.2, 0.25) is 0 Å². The Labute approximate surface area is 185 Å². The summed E-state index contributed by atoms with van der Waals surface area (Å²) in [7, 11) is 0. The number of benzene rings is 3. The van der Waals surface area contributed by atoms with Crippen LogP contribution in [0.3, 0.4) is 0 Å². The quantitative estimate of drug-likeness (QED) is 0.588. The molecule has 1 aliphatic heterocycles. The number of nitrogens with zero attached hydrogens (tertiary/aromatic N) is 2. The molecule has 4 rings (SSSR count). The lowest BCUT2D eigenvalue weighted by molar-refractivity contribution is -0.138. The number of carbonyl (C=O) groups excluding carboxylic acids is 1. The van der Waals surface area contributed by atoms with E-state index in [4.69, 9.17) is 0 Å². The molecular weight excluding hydrogens is 415 g/mol. The Balaban J connectivity index is 1.55. The molecule has 1 aliphatic rings. The monoisotopic (exact) mass is 441 g/mol. The van der Waals surface area contributed by atoms with Crippen molar-refractivity contribution in [2.24, 2.45) is 0 Å². The van der Waals surface area contributed by atoms with Crippen molar-refractivity contribution in [3.05, 3.63) is 77.4 Å². The van der Waals surface area contributed by atoms with Crippen molar-refractivity contribution in [2.45, 2.75) is 19.6 Å². The molecule has 3 aromatic carbocycles. The maximum atomic E-state index is 13.8. The molecule has 32 heavy (non-hydrogen) atoms. The third-order valence-electron chi connectivity index (χ3n) is 6.01. The van der Waals surface area contributed by atoms with Gasteiger partial charge in [0.15, 0.2) is 0 Å². The third kappa shape index (κ3) is 4.95. The van der Waals surface area contributed by atoms with Crippen LogP contribution in [0.1, 0.15) is 28.4 Å². The van der Waals surface area contributed by atoms with Crippen molar-refractivity contribution < 1.29 is 18.0 Å². The molecule has 0 saturated carbocycles. The minimum Gasteiger partial charge on any atom is -0.322 e. The number of piperazine rings is 1. The largest absolute Gasteiger partial charge is 0.416 e. The summed E-state index contributed by atoms with van der Waals surface area (Å²) in [6.07, 6.45) is -4.50. The van der Waals surface area contributed by atoms with E-state index < -0.39 is 17.6 Å². The molecule has 0 spiro atoms. The zero-order chi connectivity index (χ0) is 22.7. The van der Waals surface area contributed by atoms with E-state index in [0.717, 1.165) is 49.6 Å². The molecule has 0 radical (unpaired) electrons. The van der Waals surface area contributed by atoms with Gasteiger partial charge < -0.3 is 10.2 Å². The summed E-state index contributed by atoms with van der Waals surface area (Å²) in [5, 5.41) is 4.30. The molecule has 0 unspecified atom stereocenters. The first-order valence-electron chi connectivity index (χ1n) is 10.8. The maximum Gasteiger partial charge on any atom is 0.416 e. The van der Waals surface area contributed by atoms with Gasteiger partial charge in [0.05, 0.1) is 5.56 Å². The van der Waals surface area contributed by atoms with Crippen LogP contribution in [0, 0.1) is 0 Å². The second-order valence-electron chi connectivity index (χ2n) is 8.06. The number of hydrogen-bond acceptors (Lipinski definition) is 3. The zero-order valence-corrected chi connectivity index (χ0v) is 18.0. The van der Waals surface area contributed by atoms with E-state index >= 15 is 0 Å². The molecule has 0 aromatic heterocycles. The predicted molar refractivity (Wildman–Crippen MR) is 121 cm³/mol. The standard InChI is InChI=1S/C25H26F3N3O/c1-2-30-12-14-31(15-13-30)17-19-10-11-20(16-23(19)25(26,27)28)29-24(32)22-9-5-7-18-6-3-4-8-21(18)22/h3-11,16H,2,12-15,17H2,1H3,(H,29,32). The highest BCUT2D eigenvalue weighted by atomic mass is 19.4. The first-order valence-corrected chi connectivity index (χ1v) is 10.8. The number of nitrogens with one attached hydrogen (secondary N) is 1. The van der Waals surface area contributed by atoms with Gasteiger partial charge in [0, 0.05) is 44.0 Å². The van der Waals surface area contributed by atoms with Crippen LogP contribution in [-0.4, -0.2) is 48.4 Å². The smallest absolute Gasteiger partial charge is 0.322 e. The van der Waals surface area contributed by atoms with Crippen molar-refractivity contribution in [2.75, 3.05) is 38.0 Å². The Kier molecular flexibility index (Phi) is 6.48. The number of anilines is 1. The van der Waals surface area contributed by atoms with Gasteiger partial charge in [0.2, 0.25) is 0 Å². The number of likely N-dealkylation sites (N-methyl/N-ethyl adjacent to an activating group) is 1. The number of alkyl halides is 3. The molecule has 0 aliphatic carbocycles. The van der Waals surface area contributed by atoms with Gasteiger partial charge in [0.1, 0.15) is 0 Å². The van der Waals surface area contributed by atoms with Gasteiger partial charge in [-0.05, 0) is 41.1 Å². The molecule has 4 nitrogen and oxygen atoms in total. The summed E-state index contributed by atoms with van der Waals surface area (Å²) in [6, 6.07) is 16.8. The minimum absolute atomic E-state index is 0.134. The summed E-state index contributed by atoms with van der Waals surface area (Å²) in [5.74, 6) is -0.432. The molecule has 1 heterocycles. The van der Waals surface area contributed by atoms with Crippen molar-refractivity contribution in [3.63, 3.8) is 0 Å². The molecule has 1 N–H and O–H groups in total. The van der Waals surface area contributed by atoms with E-state index in [-0.39, 0.29) is 17.8 Å². The second kappa shape index (κ2) is 9.30. The van der Waals surface area contributed by atoms with Crippen molar-refractivity contribution in [1.29, 1.82) is 0 Å². The Morgan fingerprint density at radius 1 is 0.938 bits per heavy atom. The van der Waals surface area contributed by atoms with Crippen LogP contribution in [0.4, 0.5) is 18.9 Å². The molecule has 0 bridgehead atoms. The van der Waals surface area contributed by atoms with Crippen LogP contribution in [-0.2, 0) is 12.7 Å². The van der Waals surface area contributed by atoms with Gasteiger partial charge in [-0.2, -0.15) is 13.2 Å². The van der Waals surface area contributed by atoms with Crippen LogP contribution < -0.4 is 5.32 Å². The van der Waals surface area contributed by atoms with E-state index in [9.17, 15) is 18.0 Å². The Hall–Kier alpha value is -2.90. The van der Waals surface area contributed by atoms with Gasteiger partial charge in [0.25, 0.3) is 5.91 Å². The van der Waals surface area contributed by atoms with Crippen LogP contribution in [0.5, 0.6) is 0 Å². The lowest BCUT2D eigenvalue weighted by Gasteiger charge is -2.34. The highest BCUT2D eigenvalue weighted by molar-refractivity contribution is 6.12. The van der Waals surface area contributed by atoms with Gasteiger partial charge in [-0.3, -0.25) is 9.69 Å². The van der Waals surface area contributed by atoms with Crippen LogP contribution in [0.15, 0.2) is 60.7 Å². The van der Waals surface area contributed by atoms with Gasteiger partial charge in [-0.1, -0.05) is 49.4 Å². The van der Waals surface area contributed by atoms with Gasteiger partial charge in [-0.25, -0.2) is 0 Å². The van der Waals surface area contributed by atoms with Gasteiger partial charge >= 0.3 is 6.18 Å². The average Bonchev–Trinajstić information content (AvgIpc) is 2.79. The SMILES string of the molecule is CCN1CCN(Cc2ccc(NC(=O)c3cccc4ccccc34)cc2C(F)(F)F)CC1. The lowest BCUT2D eigenvalue weighted by Crippen LogP contribution is -2.45. The number of hydrogen-bond donors (Lipinski definition) is 1. The first-order chi connectivity index (χ1) is 15.3. The molecule has 1 fully saturated rings. The van der Waals surface area contributed by atoms with E-state index in [2.05, 4.69) is 17.1 Å². The van der Waals surface area contributed by atoms with E-state index in [1.807, 2.05) is 35.2 Å². The Morgan fingerprint density at radius 3 is 2.34 bits per heavy atom. The molecule has 7 heteroatoms. The average molecular weight is 441 g/mol. The van der Waals surface area contributed by atoms with Crippen molar-refractivity contribution in [1.82, 2.24) is 9.80 Å². The third-order valence-corrected chi connectivity index (χ3v) is 6.01. The summed E-state index contributed by atoms with van der Waals surface area (Å²) in [5.41, 5.74) is 0.0843. The normalized spacial score (nSPS) is 15.8. The molecule has 1 saturated heterocycles. The minimum atomic E-state index is -4.50. The molecule has 3 aromatic rings. The van der Waals surface area contributed by atoms with E-state index in [1.54, 1.807) is 18.2 Å². The highest BCUT2D eigenvalue weighted by Crippen LogP contribution is 2.35. The molecule has 1 amide bonds. The molecule has 0 atom stereocenters. The fourth-order valence-electron chi connectivity index (χ4n) is 4.18. The second-order valence-corrected chi connectivity index (χ2v) is 8.06. The van der Waals surface area contributed by atoms with Crippen molar-refractivity contribution in [3.8, 4) is 0 Å². The Bertz CT molecular complexity index is 1100. The van der Waals surface area contributed by atoms with E-state index in [1.165, 1.54) is 6.07 Å². The number of rotatable bonds is 5. The summed E-state index contributed by atoms with van der Waals surface area (Å²) >= 11 is 0. The lowest BCUT2D eigenvalue weighted by atomic mass is 10.0. The Morgan fingerprint density at radius 2 is 1.62 bits per heavy atom. The van der Waals surface area contributed by atoms with Crippen LogP contribution >= 0.6 is 0 Å². The summed E-state index contributed by atoms with van der Waals surface area (Å²) in [6.45, 7) is 6.48. The fraction of sp³-hybridized carbons (Fsp3) is 0.320. The first kappa shape index (κ1) is 22.3. The maximum absolute atomic E-state index is 13.8. The number of halogens is 3. The van der Waals surface area contributed by atoms with Crippen LogP contribution in [0.25, 0.3) is 10.8 Å². The summed E-state index contributed by atoms with van der Waals surface area (Å²) in [4.78, 5) is 17.2. The number of carbonyl (C=O) groups is 1. The van der Waals surface area contributed by atoms with Gasteiger partial charge in [-0.15, -0.1) is 0 Å². The topological polar surface area (TPSA) is 35.6 Å².